The van der Waals surface area contributed by atoms with Crippen molar-refractivity contribution in [3.8, 4) is 0 Å². The molecule has 0 amide bonds. The molecular weight excluding hydrogens is 180 g/mol. The highest BCUT2D eigenvalue weighted by Crippen LogP contribution is 2.16. The van der Waals surface area contributed by atoms with Crippen molar-refractivity contribution in [2.24, 2.45) is 5.41 Å². The highest BCUT2D eigenvalue weighted by Gasteiger charge is 2.02. The van der Waals surface area contributed by atoms with Gasteiger partial charge in [-0.3, -0.25) is 0 Å². The first-order valence-corrected chi connectivity index (χ1v) is 6.74. The molecule has 0 aromatic carbocycles. The summed E-state index contributed by atoms with van der Waals surface area (Å²) in [5, 5.41) is 0. The molecule has 0 rings (SSSR count). The van der Waals surface area contributed by atoms with Crippen molar-refractivity contribution < 1.29 is 0 Å². The molecule has 0 bridgehead atoms. The number of rotatable bonds is 8. The van der Waals surface area contributed by atoms with Crippen LogP contribution < -0.4 is 0 Å². The summed E-state index contributed by atoms with van der Waals surface area (Å²) in [6, 6.07) is 0. The van der Waals surface area contributed by atoms with E-state index in [4.69, 9.17) is 0 Å². The number of hydrogen-bond acceptors (Lipinski definition) is 0. The summed E-state index contributed by atoms with van der Waals surface area (Å²) in [6.45, 7) is 9.05. The second kappa shape index (κ2) is 9.00. The molecule has 0 unspecified atom stereocenters. The van der Waals surface area contributed by atoms with Crippen molar-refractivity contribution in [2.45, 2.75) is 79.1 Å². The smallest absolute Gasteiger partial charge is 0.0203 e. The van der Waals surface area contributed by atoms with E-state index in [9.17, 15) is 0 Å². The van der Waals surface area contributed by atoms with Crippen LogP contribution in [0.3, 0.4) is 0 Å². The standard InChI is InChI=1S/C15H30/c1-5-6-7-8-9-10-11-12-13-14-15(2,3)4/h13-14H,5-12H2,1-4H3. The Kier molecular flexibility index (Phi) is 8.85. The molecule has 0 atom stereocenters. The summed E-state index contributed by atoms with van der Waals surface area (Å²) >= 11 is 0. The Morgan fingerprint density at radius 2 is 1.33 bits per heavy atom. The van der Waals surface area contributed by atoms with Crippen LogP contribution in [0, 0.1) is 5.41 Å². The minimum absolute atomic E-state index is 0.362. The maximum atomic E-state index is 2.35. The van der Waals surface area contributed by atoms with Gasteiger partial charge in [-0.25, -0.2) is 0 Å². The molecule has 0 spiro atoms. The van der Waals surface area contributed by atoms with Gasteiger partial charge in [0, 0.05) is 0 Å². The summed E-state index contributed by atoms with van der Waals surface area (Å²) in [4.78, 5) is 0. The summed E-state index contributed by atoms with van der Waals surface area (Å²) in [5.74, 6) is 0. The maximum Gasteiger partial charge on any atom is -0.0203 e. The highest BCUT2D eigenvalue weighted by atomic mass is 14.1. The molecular formula is C15H30. The van der Waals surface area contributed by atoms with E-state index in [0.29, 0.717) is 5.41 Å². The molecule has 90 valence electrons. The van der Waals surface area contributed by atoms with E-state index >= 15 is 0 Å². The van der Waals surface area contributed by atoms with Crippen LogP contribution in [0.2, 0.25) is 0 Å². The molecule has 0 aromatic heterocycles. The fourth-order valence-electron chi connectivity index (χ4n) is 1.66. The number of unbranched alkanes of at least 4 members (excludes halogenated alkanes) is 7. The SMILES string of the molecule is CCCCCCCCCC=CC(C)(C)C. The van der Waals surface area contributed by atoms with Crippen LogP contribution in [0.15, 0.2) is 12.2 Å². The summed E-state index contributed by atoms with van der Waals surface area (Å²) in [6.07, 6.45) is 15.8. The third kappa shape index (κ3) is 13.7. The van der Waals surface area contributed by atoms with Gasteiger partial charge in [-0.05, 0) is 18.3 Å². The maximum absolute atomic E-state index is 2.35. The molecule has 0 aliphatic carbocycles. The molecule has 15 heavy (non-hydrogen) atoms. The lowest BCUT2D eigenvalue weighted by Crippen LogP contribution is -1.98. The van der Waals surface area contributed by atoms with E-state index in [2.05, 4.69) is 39.8 Å². The molecule has 0 heterocycles. The zero-order chi connectivity index (χ0) is 11.6. The summed E-state index contributed by atoms with van der Waals surface area (Å²) in [5.41, 5.74) is 0.362. The summed E-state index contributed by atoms with van der Waals surface area (Å²) in [7, 11) is 0. The molecule has 0 aliphatic heterocycles. The zero-order valence-corrected chi connectivity index (χ0v) is 11.3. The molecule has 0 radical (unpaired) electrons. The predicted octanol–water partition coefficient (Wildman–Crippen LogP) is 5.73. The largest absolute Gasteiger partial charge is 0.0880 e. The first kappa shape index (κ1) is 14.7. The highest BCUT2D eigenvalue weighted by molar-refractivity contribution is 4.91. The van der Waals surface area contributed by atoms with E-state index in [1.165, 1.54) is 51.4 Å². The average molecular weight is 210 g/mol. The van der Waals surface area contributed by atoms with Crippen molar-refractivity contribution >= 4 is 0 Å². The van der Waals surface area contributed by atoms with E-state index in [-0.39, 0.29) is 0 Å². The normalized spacial score (nSPS) is 12.5. The molecule has 0 saturated carbocycles. The zero-order valence-electron chi connectivity index (χ0n) is 11.3. The quantitative estimate of drug-likeness (QED) is 0.354. The third-order valence-electron chi connectivity index (χ3n) is 2.59. The van der Waals surface area contributed by atoms with Crippen molar-refractivity contribution in [3.05, 3.63) is 12.2 Å². The van der Waals surface area contributed by atoms with E-state index < -0.39 is 0 Å². The fraction of sp³-hybridized carbons (Fsp3) is 0.867. The van der Waals surface area contributed by atoms with Crippen molar-refractivity contribution in [1.29, 1.82) is 0 Å². The molecule has 0 aromatic rings. The first-order chi connectivity index (χ1) is 7.06. The van der Waals surface area contributed by atoms with Crippen LogP contribution in [-0.4, -0.2) is 0 Å². The Balaban J connectivity index is 3.15. The van der Waals surface area contributed by atoms with Crippen LogP contribution >= 0.6 is 0 Å². The first-order valence-electron chi connectivity index (χ1n) is 6.74. The monoisotopic (exact) mass is 210 g/mol. The van der Waals surface area contributed by atoms with Crippen LogP contribution in [0.25, 0.3) is 0 Å². The van der Waals surface area contributed by atoms with Gasteiger partial charge in [0.25, 0.3) is 0 Å². The van der Waals surface area contributed by atoms with E-state index in [1.807, 2.05) is 0 Å². The van der Waals surface area contributed by atoms with E-state index in [1.54, 1.807) is 0 Å². The van der Waals surface area contributed by atoms with Crippen LogP contribution in [-0.2, 0) is 0 Å². The van der Waals surface area contributed by atoms with Gasteiger partial charge >= 0.3 is 0 Å². The second-order valence-electron chi connectivity index (χ2n) is 5.68. The Labute approximate surface area is 97.2 Å². The molecule has 0 nitrogen and oxygen atoms in total. The Hall–Kier alpha value is -0.260. The fourth-order valence-corrected chi connectivity index (χ4v) is 1.66. The lowest BCUT2D eigenvalue weighted by Gasteiger charge is -2.10. The third-order valence-corrected chi connectivity index (χ3v) is 2.59. The van der Waals surface area contributed by atoms with Gasteiger partial charge < -0.3 is 0 Å². The van der Waals surface area contributed by atoms with E-state index in [0.717, 1.165) is 0 Å². The molecule has 0 aliphatic rings. The lowest BCUT2D eigenvalue weighted by atomic mass is 9.95. The van der Waals surface area contributed by atoms with Gasteiger partial charge in [0.2, 0.25) is 0 Å². The molecule has 0 N–H and O–H groups in total. The van der Waals surface area contributed by atoms with Gasteiger partial charge in [-0.15, -0.1) is 0 Å². The van der Waals surface area contributed by atoms with Crippen molar-refractivity contribution in [3.63, 3.8) is 0 Å². The van der Waals surface area contributed by atoms with Gasteiger partial charge in [0.1, 0.15) is 0 Å². The molecule has 0 saturated heterocycles. The molecule has 0 fully saturated rings. The van der Waals surface area contributed by atoms with Crippen molar-refractivity contribution in [2.75, 3.05) is 0 Å². The summed E-state index contributed by atoms with van der Waals surface area (Å²) < 4.78 is 0. The van der Waals surface area contributed by atoms with Gasteiger partial charge in [-0.1, -0.05) is 78.4 Å². The van der Waals surface area contributed by atoms with Gasteiger partial charge in [0.15, 0.2) is 0 Å². The van der Waals surface area contributed by atoms with Gasteiger partial charge in [-0.2, -0.15) is 0 Å². The number of allylic oxidation sites excluding steroid dienone is 2. The predicted molar refractivity (Wildman–Crippen MR) is 71.2 cm³/mol. The Morgan fingerprint density at radius 3 is 1.87 bits per heavy atom. The lowest BCUT2D eigenvalue weighted by molar-refractivity contribution is 0.539. The Morgan fingerprint density at radius 1 is 0.800 bits per heavy atom. The second-order valence-corrected chi connectivity index (χ2v) is 5.68. The molecule has 0 heteroatoms. The minimum Gasteiger partial charge on any atom is -0.0880 e. The van der Waals surface area contributed by atoms with Crippen molar-refractivity contribution in [1.82, 2.24) is 0 Å². The number of hydrogen-bond donors (Lipinski definition) is 0. The topological polar surface area (TPSA) is 0 Å². The van der Waals surface area contributed by atoms with Crippen LogP contribution in [0.5, 0.6) is 0 Å². The van der Waals surface area contributed by atoms with Crippen LogP contribution in [0.1, 0.15) is 79.1 Å². The van der Waals surface area contributed by atoms with Gasteiger partial charge in [0.05, 0.1) is 0 Å². The average Bonchev–Trinajstić information content (AvgIpc) is 2.14. The van der Waals surface area contributed by atoms with Crippen LogP contribution in [0.4, 0.5) is 0 Å². The minimum atomic E-state index is 0.362. The Bertz CT molecular complexity index is 148.